The summed E-state index contributed by atoms with van der Waals surface area (Å²) in [6.07, 6.45) is 0. The zero-order chi connectivity index (χ0) is 20.4. The summed E-state index contributed by atoms with van der Waals surface area (Å²) in [5.74, 6) is -0.979. The second kappa shape index (κ2) is 8.56. The van der Waals surface area contributed by atoms with Crippen molar-refractivity contribution in [2.24, 2.45) is 0 Å². The van der Waals surface area contributed by atoms with E-state index in [0.717, 1.165) is 36.2 Å². The molecular weight excluding hydrogens is 472 g/mol. The van der Waals surface area contributed by atoms with E-state index in [0.29, 0.717) is 5.56 Å². The van der Waals surface area contributed by atoms with E-state index in [1.54, 1.807) is 30.0 Å². The highest BCUT2D eigenvalue weighted by molar-refractivity contribution is 9.11. The molecule has 5 nitrogen and oxygen atoms in total. The fourth-order valence-corrected chi connectivity index (χ4v) is 5.27. The Morgan fingerprint density at radius 2 is 1.97 bits per heavy atom. The highest BCUT2D eigenvalue weighted by Gasteiger charge is 2.19. The van der Waals surface area contributed by atoms with Gasteiger partial charge < -0.3 is 5.11 Å². The second-order valence-electron chi connectivity index (χ2n) is 6.15. The number of thiazole rings is 1. The molecule has 0 atom stereocenters. The molecule has 0 amide bonds. The van der Waals surface area contributed by atoms with E-state index in [4.69, 9.17) is 9.82 Å². The fraction of sp³-hybridized carbons (Fsp3) is 0.0476. The van der Waals surface area contributed by atoms with Gasteiger partial charge in [0.15, 0.2) is 5.69 Å². The number of rotatable bonds is 6. The second-order valence-corrected chi connectivity index (χ2v) is 9.47. The molecule has 2 heterocycles. The van der Waals surface area contributed by atoms with Crippen molar-refractivity contribution in [2.45, 2.75) is 0 Å². The maximum atomic E-state index is 12.0. The van der Waals surface area contributed by atoms with Crippen LogP contribution in [0.1, 0.15) is 10.4 Å². The van der Waals surface area contributed by atoms with Crippen molar-refractivity contribution in [1.29, 1.82) is 0 Å². The van der Waals surface area contributed by atoms with E-state index < -0.39 is 5.97 Å². The van der Waals surface area contributed by atoms with E-state index in [-0.39, 0.29) is 5.56 Å². The summed E-state index contributed by atoms with van der Waals surface area (Å²) in [6, 6.07) is 17.0. The smallest absolute Gasteiger partial charge is 0.336 e. The number of carboxylic acids is 1. The Bertz CT molecular complexity index is 1190. The van der Waals surface area contributed by atoms with E-state index in [2.05, 4.69) is 15.9 Å². The number of hydrogen-bond acceptors (Lipinski definition) is 5. The molecule has 0 aliphatic carbocycles. The lowest BCUT2D eigenvalue weighted by Crippen LogP contribution is -2.76. The van der Waals surface area contributed by atoms with Crippen LogP contribution in [0.15, 0.2) is 63.8 Å². The first-order valence-corrected chi connectivity index (χ1v) is 11.1. The monoisotopic (exact) mass is 487 g/mol. The Morgan fingerprint density at radius 1 is 1.14 bits per heavy atom. The van der Waals surface area contributed by atoms with Crippen molar-refractivity contribution in [3.05, 3.63) is 69.3 Å². The minimum atomic E-state index is -0.979. The van der Waals surface area contributed by atoms with Crippen LogP contribution in [0.25, 0.3) is 32.3 Å². The minimum absolute atomic E-state index is 0.232. The molecule has 8 heteroatoms. The lowest BCUT2D eigenvalue weighted by molar-refractivity contribution is -0.829. The number of nitrogens with two attached hydrogens (primary N) is 1. The van der Waals surface area contributed by atoms with Gasteiger partial charge in [0, 0.05) is 28.1 Å². The van der Waals surface area contributed by atoms with Crippen LogP contribution in [0.4, 0.5) is 5.69 Å². The van der Waals surface area contributed by atoms with Gasteiger partial charge in [0.25, 0.3) is 0 Å². The Balaban J connectivity index is 1.76. The normalized spacial score (nSPS) is 11.0. The van der Waals surface area contributed by atoms with E-state index >= 15 is 0 Å². The van der Waals surface area contributed by atoms with Gasteiger partial charge in [-0.3, -0.25) is 0 Å². The largest absolute Gasteiger partial charge is 0.478 e. The number of thiophene rings is 1. The van der Waals surface area contributed by atoms with E-state index in [1.165, 1.54) is 11.3 Å². The van der Waals surface area contributed by atoms with Crippen LogP contribution in [0.2, 0.25) is 0 Å². The quantitative estimate of drug-likeness (QED) is 0.281. The third-order valence-corrected chi connectivity index (χ3v) is 6.86. The SMILES string of the molecule is CO[NH2+]c1ccccc1-c1ccc(-c2nc(-c3ccc(Br)s3)cs2)cc1C(=O)O. The predicted molar refractivity (Wildman–Crippen MR) is 120 cm³/mol. The minimum Gasteiger partial charge on any atom is -0.478 e. The molecule has 0 spiro atoms. The van der Waals surface area contributed by atoms with Crippen LogP contribution in [0.3, 0.4) is 0 Å². The van der Waals surface area contributed by atoms with Gasteiger partial charge in [-0.25, -0.2) is 14.6 Å². The number of hydrogen-bond donors (Lipinski definition) is 2. The van der Waals surface area contributed by atoms with Crippen molar-refractivity contribution in [3.8, 4) is 32.3 Å². The molecule has 0 saturated heterocycles. The molecule has 0 saturated carbocycles. The first-order valence-electron chi connectivity index (χ1n) is 8.61. The van der Waals surface area contributed by atoms with Crippen LogP contribution < -0.4 is 5.48 Å². The van der Waals surface area contributed by atoms with Crippen molar-refractivity contribution >= 4 is 50.3 Å². The number of quaternary nitrogens is 1. The summed E-state index contributed by atoms with van der Waals surface area (Å²) < 4.78 is 1.05. The summed E-state index contributed by atoms with van der Waals surface area (Å²) in [5, 5.41) is 12.6. The lowest BCUT2D eigenvalue weighted by Gasteiger charge is -2.10. The number of carbonyl (C=O) groups is 1. The predicted octanol–water partition coefficient (Wildman–Crippen LogP) is 5.42. The first kappa shape index (κ1) is 19.9. The maximum absolute atomic E-state index is 12.0. The highest BCUT2D eigenvalue weighted by Crippen LogP contribution is 2.36. The summed E-state index contributed by atoms with van der Waals surface area (Å²) in [7, 11) is 1.57. The molecule has 0 unspecified atom stereocenters. The Hall–Kier alpha value is -2.36. The lowest BCUT2D eigenvalue weighted by atomic mass is 9.96. The summed E-state index contributed by atoms with van der Waals surface area (Å²) in [5.41, 5.74) is 5.79. The van der Waals surface area contributed by atoms with Gasteiger partial charge in [0.05, 0.1) is 27.0 Å². The molecule has 4 rings (SSSR count). The van der Waals surface area contributed by atoms with Crippen molar-refractivity contribution in [2.75, 3.05) is 7.11 Å². The fourth-order valence-electron chi connectivity index (χ4n) is 3.03. The van der Waals surface area contributed by atoms with Gasteiger partial charge in [-0.1, -0.05) is 24.3 Å². The van der Waals surface area contributed by atoms with Gasteiger partial charge in [0.1, 0.15) is 5.01 Å². The molecule has 0 bridgehead atoms. The number of benzene rings is 2. The van der Waals surface area contributed by atoms with Gasteiger partial charge in [-0.2, -0.15) is 5.48 Å². The summed E-state index contributed by atoms with van der Waals surface area (Å²) >= 11 is 6.59. The van der Waals surface area contributed by atoms with E-state index in [9.17, 15) is 9.90 Å². The third kappa shape index (κ3) is 4.17. The zero-order valence-corrected chi connectivity index (χ0v) is 18.5. The molecule has 3 N–H and O–H groups in total. The summed E-state index contributed by atoms with van der Waals surface area (Å²) in [6.45, 7) is 0. The standard InChI is InChI=1S/C21H15BrN2O3S2/c1-27-24-16-5-3-2-4-14(16)13-7-6-12(10-15(13)21(25)26)20-23-17(11-28-20)18-8-9-19(22)29-18/h2-11,24H,1H3,(H,25,26)/p+1. The molecule has 0 aliphatic rings. The molecule has 4 aromatic rings. The number of halogens is 1. The van der Waals surface area contributed by atoms with Crippen LogP contribution in [-0.4, -0.2) is 23.2 Å². The van der Waals surface area contributed by atoms with Gasteiger partial charge in [-0.15, -0.1) is 22.7 Å². The molecule has 0 fully saturated rings. The number of aromatic carboxylic acids is 1. The van der Waals surface area contributed by atoms with Crippen molar-refractivity contribution in [3.63, 3.8) is 0 Å². The van der Waals surface area contributed by atoms with Crippen LogP contribution >= 0.6 is 38.6 Å². The zero-order valence-electron chi connectivity index (χ0n) is 15.3. The molecule has 0 aliphatic heterocycles. The molecular formula is C21H16BrN2O3S2+. The van der Waals surface area contributed by atoms with Gasteiger partial charge in [0.2, 0.25) is 0 Å². The van der Waals surface area contributed by atoms with Gasteiger partial charge >= 0.3 is 5.97 Å². The number of nitrogens with zero attached hydrogens (tertiary/aromatic N) is 1. The van der Waals surface area contributed by atoms with Crippen LogP contribution in [-0.2, 0) is 4.84 Å². The number of carboxylic acid groups (broad SMARTS) is 1. The Morgan fingerprint density at radius 3 is 2.69 bits per heavy atom. The average Bonchev–Trinajstić information content (AvgIpc) is 3.37. The molecule has 146 valence electrons. The average molecular weight is 488 g/mol. The van der Waals surface area contributed by atoms with Crippen LogP contribution in [0.5, 0.6) is 0 Å². The topological polar surface area (TPSA) is 76.0 Å². The highest BCUT2D eigenvalue weighted by atomic mass is 79.9. The molecule has 29 heavy (non-hydrogen) atoms. The van der Waals surface area contributed by atoms with Gasteiger partial charge in [-0.05, 0) is 40.2 Å². The molecule has 2 aromatic heterocycles. The summed E-state index contributed by atoms with van der Waals surface area (Å²) in [4.78, 5) is 22.9. The van der Waals surface area contributed by atoms with Crippen molar-refractivity contribution in [1.82, 2.24) is 4.98 Å². The molecule has 2 aromatic carbocycles. The molecule has 0 radical (unpaired) electrons. The maximum Gasteiger partial charge on any atom is 0.336 e. The van der Waals surface area contributed by atoms with E-state index in [1.807, 2.05) is 53.9 Å². The number of aromatic nitrogens is 1. The van der Waals surface area contributed by atoms with Crippen LogP contribution in [0, 0.1) is 0 Å². The first-order chi connectivity index (χ1) is 14.1. The Kier molecular flexibility index (Phi) is 5.89. The third-order valence-electron chi connectivity index (χ3n) is 4.32. The Labute approximate surface area is 183 Å². The van der Waals surface area contributed by atoms with Crippen molar-refractivity contribution < 1.29 is 20.2 Å².